The number of hydrogen-bond acceptors (Lipinski definition) is 8. The smallest absolute Gasteiger partial charge is 0.325 e. The highest BCUT2D eigenvalue weighted by molar-refractivity contribution is 9.10. The molecule has 0 spiro atoms. The van der Waals surface area contributed by atoms with Crippen molar-refractivity contribution in [2.75, 3.05) is 13.2 Å². The molecule has 0 aliphatic heterocycles. The van der Waals surface area contributed by atoms with Crippen molar-refractivity contribution < 1.29 is 28.3 Å². The Kier molecular flexibility index (Phi) is 5.96. The normalized spacial score (nSPS) is 10.7. The van der Waals surface area contributed by atoms with E-state index < -0.39 is 12.5 Å². The molecule has 0 amide bonds. The van der Waals surface area contributed by atoms with Crippen LogP contribution in [0.1, 0.15) is 6.42 Å². The van der Waals surface area contributed by atoms with E-state index in [0.717, 1.165) is 4.68 Å². The van der Waals surface area contributed by atoms with Crippen LogP contribution in [0, 0.1) is 5.82 Å². The summed E-state index contributed by atoms with van der Waals surface area (Å²) in [6.07, 6.45) is 0.516. The Labute approximate surface area is 160 Å². The highest BCUT2D eigenvalue weighted by Crippen LogP contribution is 2.25. The van der Waals surface area contributed by atoms with Crippen molar-refractivity contribution in [2.24, 2.45) is 0 Å². The Morgan fingerprint density at radius 1 is 1.30 bits per heavy atom. The predicted octanol–water partition coefficient (Wildman–Crippen LogP) is 2.16. The van der Waals surface area contributed by atoms with E-state index in [2.05, 4.69) is 36.6 Å². The molecule has 142 valence electrons. The zero-order valence-corrected chi connectivity index (χ0v) is 15.3. The van der Waals surface area contributed by atoms with E-state index in [1.54, 1.807) is 6.07 Å². The number of carboxylic acid groups (broad SMARTS) is 1. The average Bonchev–Trinajstić information content (AvgIpc) is 3.26. The summed E-state index contributed by atoms with van der Waals surface area (Å²) in [6, 6.07) is 5.63. The molecule has 1 aromatic carbocycles. The first-order valence-corrected chi connectivity index (χ1v) is 8.48. The Hall–Kier alpha value is -3.02. The first-order valence-electron chi connectivity index (χ1n) is 7.68. The summed E-state index contributed by atoms with van der Waals surface area (Å²) in [5.74, 6) is -0.574. The maximum Gasteiger partial charge on any atom is 0.325 e. The standard InChI is InChI=1S/C15H13BrFN5O5/c16-10-3-2-9(17)6-11(10)25-4-1-5-26-13-7-12(27-19-13)15-18-20-21-22(15)8-14(23)24/h2-3,6-7H,1,4-5,8H2,(H,23,24). The molecule has 0 saturated carbocycles. The topological polar surface area (TPSA) is 125 Å². The fourth-order valence-corrected chi connectivity index (χ4v) is 2.41. The summed E-state index contributed by atoms with van der Waals surface area (Å²) in [5, 5.41) is 23.2. The summed E-state index contributed by atoms with van der Waals surface area (Å²) < 4.78 is 30.9. The molecule has 10 nitrogen and oxygen atoms in total. The van der Waals surface area contributed by atoms with E-state index in [1.807, 2.05) is 0 Å². The van der Waals surface area contributed by atoms with Gasteiger partial charge in [-0.15, -0.1) is 5.10 Å². The van der Waals surface area contributed by atoms with Gasteiger partial charge in [0.1, 0.15) is 18.1 Å². The molecule has 3 aromatic rings. The van der Waals surface area contributed by atoms with E-state index in [0.29, 0.717) is 23.2 Å². The number of tetrazole rings is 1. The zero-order chi connectivity index (χ0) is 19.2. The maximum atomic E-state index is 13.2. The van der Waals surface area contributed by atoms with Gasteiger partial charge in [-0.3, -0.25) is 4.79 Å². The molecular formula is C15H13BrFN5O5. The third-order valence-electron chi connectivity index (χ3n) is 3.22. The van der Waals surface area contributed by atoms with Crippen LogP contribution in [0.2, 0.25) is 0 Å². The van der Waals surface area contributed by atoms with Crippen molar-refractivity contribution in [3.8, 4) is 23.2 Å². The van der Waals surface area contributed by atoms with E-state index in [-0.39, 0.29) is 29.9 Å². The summed E-state index contributed by atoms with van der Waals surface area (Å²) >= 11 is 3.28. The first-order chi connectivity index (χ1) is 13.0. The molecule has 0 bridgehead atoms. The monoisotopic (exact) mass is 441 g/mol. The predicted molar refractivity (Wildman–Crippen MR) is 90.7 cm³/mol. The lowest BCUT2D eigenvalue weighted by Gasteiger charge is -2.08. The Morgan fingerprint density at radius 3 is 2.93 bits per heavy atom. The van der Waals surface area contributed by atoms with Crippen molar-refractivity contribution >= 4 is 21.9 Å². The molecule has 27 heavy (non-hydrogen) atoms. The van der Waals surface area contributed by atoms with Crippen LogP contribution in [0.4, 0.5) is 4.39 Å². The molecule has 12 heteroatoms. The number of rotatable bonds is 9. The molecule has 0 fully saturated rings. The van der Waals surface area contributed by atoms with Gasteiger partial charge >= 0.3 is 5.97 Å². The summed E-state index contributed by atoms with van der Waals surface area (Å²) in [7, 11) is 0. The fraction of sp³-hybridized carbons (Fsp3) is 0.267. The molecule has 0 aliphatic carbocycles. The molecule has 0 atom stereocenters. The van der Waals surface area contributed by atoms with Crippen LogP contribution in [-0.4, -0.2) is 49.7 Å². The highest BCUT2D eigenvalue weighted by Gasteiger charge is 2.17. The number of carbonyl (C=O) groups is 1. The Morgan fingerprint density at radius 2 is 2.11 bits per heavy atom. The van der Waals surface area contributed by atoms with Crippen LogP contribution >= 0.6 is 15.9 Å². The zero-order valence-electron chi connectivity index (χ0n) is 13.7. The number of aromatic nitrogens is 5. The van der Waals surface area contributed by atoms with Crippen molar-refractivity contribution in [3.63, 3.8) is 0 Å². The van der Waals surface area contributed by atoms with Gasteiger partial charge in [-0.1, -0.05) is 0 Å². The largest absolute Gasteiger partial charge is 0.492 e. The lowest BCUT2D eigenvalue weighted by molar-refractivity contribution is -0.137. The Bertz CT molecular complexity index is 931. The lowest BCUT2D eigenvalue weighted by Crippen LogP contribution is -2.11. The summed E-state index contributed by atoms with van der Waals surface area (Å²) in [6.45, 7) is 0.175. The second-order valence-electron chi connectivity index (χ2n) is 5.21. The van der Waals surface area contributed by atoms with Gasteiger partial charge in [0.25, 0.3) is 5.88 Å². The number of hydrogen-bond donors (Lipinski definition) is 1. The second kappa shape index (κ2) is 8.58. The van der Waals surface area contributed by atoms with Gasteiger partial charge in [-0.25, -0.2) is 9.07 Å². The lowest BCUT2D eigenvalue weighted by atomic mass is 10.3. The first kappa shape index (κ1) is 18.8. The van der Waals surface area contributed by atoms with E-state index in [4.69, 9.17) is 19.1 Å². The highest BCUT2D eigenvalue weighted by atomic mass is 79.9. The van der Waals surface area contributed by atoms with E-state index in [9.17, 15) is 9.18 Å². The quantitative estimate of drug-likeness (QED) is 0.496. The van der Waals surface area contributed by atoms with Crippen LogP contribution in [0.3, 0.4) is 0 Å². The minimum atomic E-state index is -1.09. The summed E-state index contributed by atoms with van der Waals surface area (Å²) in [4.78, 5) is 10.8. The minimum Gasteiger partial charge on any atom is -0.492 e. The number of aliphatic carboxylic acids is 1. The average molecular weight is 442 g/mol. The van der Waals surface area contributed by atoms with Crippen LogP contribution in [0.5, 0.6) is 11.6 Å². The van der Waals surface area contributed by atoms with E-state index >= 15 is 0 Å². The third-order valence-corrected chi connectivity index (χ3v) is 3.87. The molecule has 3 rings (SSSR count). The van der Waals surface area contributed by atoms with Gasteiger partial charge in [0.15, 0.2) is 0 Å². The third kappa shape index (κ3) is 5.00. The van der Waals surface area contributed by atoms with Gasteiger partial charge in [-0.2, -0.15) is 0 Å². The number of benzene rings is 1. The number of halogens is 2. The van der Waals surface area contributed by atoms with Crippen LogP contribution in [0.25, 0.3) is 11.6 Å². The van der Waals surface area contributed by atoms with Crippen LogP contribution < -0.4 is 9.47 Å². The minimum absolute atomic E-state index is 0.124. The molecule has 2 heterocycles. The van der Waals surface area contributed by atoms with Crippen LogP contribution in [0.15, 0.2) is 33.3 Å². The molecule has 1 N–H and O–H groups in total. The fourth-order valence-electron chi connectivity index (χ4n) is 2.05. The summed E-state index contributed by atoms with van der Waals surface area (Å²) in [5.41, 5.74) is 0. The van der Waals surface area contributed by atoms with Crippen molar-refractivity contribution in [1.29, 1.82) is 0 Å². The SMILES string of the molecule is O=C(O)Cn1nnnc1-c1cc(OCCCOc2cc(F)ccc2Br)no1. The van der Waals surface area contributed by atoms with Crippen LogP contribution in [-0.2, 0) is 11.3 Å². The molecule has 0 aliphatic rings. The molecule has 0 radical (unpaired) electrons. The molecular weight excluding hydrogens is 429 g/mol. The number of carboxylic acids is 1. The number of ether oxygens (including phenoxy) is 2. The molecule has 2 aromatic heterocycles. The van der Waals surface area contributed by atoms with Crippen molar-refractivity contribution in [1.82, 2.24) is 25.4 Å². The van der Waals surface area contributed by atoms with Crippen molar-refractivity contribution in [3.05, 3.63) is 34.6 Å². The van der Waals surface area contributed by atoms with Gasteiger partial charge in [0.2, 0.25) is 11.6 Å². The Balaban J connectivity index is 1.48. The molecule has 0 unspecified atom stereocenters. The van der Waals surface area contributed by atoms with Gasteiger partial charge < -0.3 is 19.1 Å². The van der Waals surface area contributed by atoms with Gasteiger partial charge in [-0.05, 0) is 43.6 Å². The second-order valence-corrected chi connectivity index (χ2v) is 6.06. The molecule has 0 saturated heterocycles. The van der Waals surface area contributed by atoms with E-state index in [1.165, 1.54) is 18.2 Å². The van der Waals surface area contributed by atoms with Crippen molar-refractivity contribution in [2.45, 2.75) is 13.0 Å². The maximum absolute atomic E-state index is 13.2. The number of nitrogens with zero attached hydrogens (tertiary/aromatic N) is 5. The van der Waals surface area contributed by atoms with Gasteiger partial charge in [0, 0.05) is 12.5 Å². The van der Waals surface area contributed by atoms with Gasteiger partial charge in [0.05, 0.1) is 23.8 Å².